The summed E-state index contributed by atoms with van der Waals surface area (Å²) in [6.07, 6.45) is 0. The fraction of sp³-hybridized carbons (Fsp3) is 0.417. The molecule has 1 amide bonds. The van der Waals surface area contributed by atoms with Gasteiger partial charge >= 0.3 is 0 Å². The molecule has 1 aromatic carbocycles. The highest BCUT2D eigenvalue weighted by Gasteiger charge is 2.20. The quantitative estimate of drug-likeness (QED) is 0.759. The van der Waals surface area contributed by atoms with Crippen LogP contribution in [0.5, 0.6) is 0 Å². The number of hydroxylamine groups is 1. The maximum atomic E-state index is 11.3. The lowest BCUT2D eigenvalue weighted by Crippen LogP contribution is -2.38. The molecule has 0 spiro atoms. The third-order valence-corrected chi connectivity index (χ3v) is 1.90. The van der Waals surface area contributed by atoms with E-state index in [9.17, 15) is 4.79 Å². The summed E-state index contributed by atoms with van der Waals surface area (Å²) in [6.45, 7) is 5.68. The number of carbonyl (C=O) groups excluding carboxylic acids is 1. The zero-order valence-corrected chi connectivity index (χ0v) is 9.86. The smallest absolute Gasteiger partial charge is 0.241 e. The van der Waals surface area contributed by atoms with Crippen LogP contribution in [0.4, 0.5) is 0 Å². The van der Waals surface area contributed by atoms with Gasteiger partial charge in [0.15, 0.2) is 0 Å². The van der Waals surface area contributed by atoms with Crippen molar-refractivity contribution in [1.29, 1.82) is 0 Å². The van der Waals surface area contributed by atoms with Crippen molar-refractivity contribution in [1.82, 2.24) is 5.48 Å². The molecule has 0 fully saturated rings. The Bertz CT molecular complexity index is 344. The summed E-state index contributed by atoms with van der Waals surface area (Å²) < 4.78 is 0. The topological polar surface area (TPSA) is 64.3 Å². The van der Waals surface area contributed by atoms with Gasteiger partial charge in [-0.2, -0.15) is 5.48 Å². The van der Waals surface area contributed by atoms with E-state index in [-0.39, 0.29) is 5.60 Å². The fourth-order valence-corrected chi connectivity index (χ4v) is 1.17. The van der Waals surface area contributed by atoms with Crippen molar-refractivity contribution >= 4 is 5.91 Å². The molecule has 88 valence electrons. The van der Waals surface area contributed by atoms with Gasteiger partial charge in [-0.3, -0.25) is 9.63 Å². The average Bonchev–Trinajstić information content (AvgIpc) is 2.17. The van der Waals surface area contributed by atoms with Crippen molar-refractivity contribution in [3.63, 3.8) is 0 Å². The molecule has 1 rings (SSSR count). The number of rotatable bonds is 4. The van der Waals surface area contributed by atoms with Gasteiger partial charge in [-0.1, -0.05) is 30.3 Å². The van der Waals surface area contributed by atoms with Crippen LogP contribution in [-0.4, -0.2) is 11.5 Å². The summed E-state index contributed by atoms with van der Waals surface area (Å²) in [6, 6.07) is 8.61. The first-order valence-electron chi connectivity index (χ1n) is 5.18. The second-order valence-corrected chi connectivity index (χ2v) is 4.58. The molecule has 0 aromatic heterocycles. The van der Waals surface area contributed by atoms with Gasteiger partial charge in [0.2, 0.25) is 5.91 Å². The van der Waals surface area contributed by atoms with Gasteiger partial charge in [0.25, 0.3) is 0 Å². The summed E-state index contributed by atoms with van der Waals surface area (Å²) in [7, 11) is 0. The summed E-state index contributed by atoms with van der Waals surface area (Å²) in [5.41, 5.74) is 8.44. The Morgan fingerprint density at radius 2 is 1.88 bits per heavy atom. The van der Waals surface area contributed by atoms with Crippen LogP contribution < -0.4 is 11.2 Å². The third-order valence-electron chi connectivity index (χ3n) is 1.90. The van der Waals surface area contributed by atoms with E-state index in [1.165, 1.54) is 0 Å². The Hall–Kier alpha value is -1.39. The predicted molar refractivity (Wildman–Crippen MR) is 62.4 cm³/mol. The Kier molecular flexibility index (Phi) is 4.04. The lowest BCUT2D eigenvalue weighted by molar-refractivity contribution is -0.132. The number of nitrogens with two attached hydrogens (primary N) is 1. The van der Waals surface area contributed by atoms with Crippen molar-refractivity contribution in [2.24, 2.45) is 5.73 Å². The van der Waals surface area contributed by atoms with E-state index in [0.29, 0.717) is 0 Å². The van der Waals surface area contributed by atoms with Gasteiger partial charge in [-0.25, -0.2) is 0 Å². The normalized spacial score (nSPS) is 13.4. The average molecular weight is 222 g/mol. The number of nitrogens with one attached hydrogen (secondary N) is 1. The van der Waals surface area contributed by atoms with Gasteiger partial charge in [-0.05, 0) is 26.3 Å². The second kappa shape index (κ2) is 5.09. The number of amides is 1. The van der Waals surface area contributed by atoms with Gasteiger partial charge in [-0.15, -0.1) is 0 Å². The Morgan fingerprint density at radius 1 is 1.31 bits per heavy atom. The van der Waals surface area contributed by atoms with E-state index < -0.39 is 11.9 Å². The molecule has 0 radical (unpaired) electrons. The number of primary amides is 1. The molecule has 4 nitrogen and oxygen atoms in total. The molecular formula is C12H18N2O2. The van der Waals surface area contributed by atoms with Gasteiger partial charge in [0, 0.05) is 0 Å². The van der Waals surface area contributed by atoms with Crippen LogP contribution in [0.3, 0.4) is 0 Å². The van der Waals surface area contributed by atoms with Crippen LogP contribution in [0.1, 0.15) is 32.4 Å². The molecule has 1 unspecified atom stereocenters. The van der Waals surface area contributed by atoms with Crippen molar-refractivity contribution in [2.45, 2.75) is 32.4 Å². The lowest BCUT2D eigenvalue weighted by Gasteiger charge is -2.23. The number of hydrogen-bond acceptors (Lipinski definition) is 3. The number of benzene rings is 1. The van der Waals surface area contributed by atoms with Gasteiger partial charge in [0.1, 0.15) is 6.04 Å². The summed E-state index contributed by atoms with van der Waals surface area (Å²) in [5, 5.41) is 0. The highest BCUT2D eigenvalue weighted by Crippen LogP contribution is 2.14. The van der Waals surface area contributed by atoms with Crippen LogP contribution in [0, 0.1) is 0 Å². The largest absolute Gasteiger partial charge is 0.368 e. The van der Waals surface area contributed by atoms with E-state index in [1.54, 1.807) is 0 Å². The van der Waals surface area contributed by atoms with E-state index >= 15 is 0 Å². The predicted octanol–water partition coefficient (Wildman–Crippen LogP) is 1.53. The van der Waals surface area contributed by atoms with Crippen LogP contribution in [-0.2, 0) is 9.63 Å². The van der Waals surface area contributed by atoms with Crippen LogP contribution in [0.15, 0.2) is 30.3 Å². The minimum Gasteiger partial charge on any atom is -0.368 e. The van der Waals surface area contributed by atoms with E-state index in [4.69, 9.17) is 10.6 Å². The molecule has 0 heterocycles. The fourth-order valence-electron chi connectivity index (χ4n) is 1.17. The molecule has 0 aliphatic heterocycles. The van der Waals surface area contributed by atoms with Crippen LogP contribution >= 0.6 is 0 Å². The SMILES string of the molecule is CC(C)(C)ONC(C(N)=O)c1ccccc1. The zero-order valence-electron chi connectivity index (χ0n) is 9.86. The summed E-state index contributed by atoms with van der Waals surface area (Å²) in [5.74, 6) is -0.463. The Labute approximate surface area is 95.7 Å². The summed E-state index contributed by atoms with van der Waals surface area (Å²) >= 11 is 0. The van der Waals surface area contributed by atoms with Crippen molar-refractivity contribution in [3.8, 4) is 0 Å². The maximum absolute atomic E-state index is 11.3. The number of hydrogen-bond donors (Lipinski definition) is 2. The molecule has 0 bridgehead atoms. The highest BCUT2D eigenvalue weighted by atomic mass is 16.7. The molecule has 4 heteroatoms. The monoisotopic (exact) mass is 222 g/mol. The third kappa shape index (κ3) is 4.00. The minimum absolute atomic E-state index is 0.373. The number of carbonyl (C=O) groups is 1. The molecule has 1 aromatic rings. The first kappa shape index (κ1) is 12.7. The molecular weight excluding hydrogens is 204 g/mol. The van der Waals surface area contributed by atoms with Crippen molar-refractivity contribution in [2.75, 3.05) is 0 Å². The first-order valence-corrected chi connectivity index (χ1v) is 5.18. The maximum Gasteiger partial charge on any atom is 0.241 e. The van der Waals surface area contributed by atoms with Gasteiger partial charge in [0.05, 0.1) is 5.60 Å². The minimum atomic E-state index is -0.625. The summed E-state index contributed by atoms with van der Waals surface area (Å²) in [4.78, 5) is 16.7. The van der Waals surface area contributed by atoms with Crippen molar-refractivity contribution in [3.05, 3.63) is 35.9 Å². The van der Waals surface area contributed by atoms with E-state index in [2.05, 4.69) is 5.48 Å². The molecule has 16 heavy (non-hydrogen) atoms. The van der Waals surface area contributed by atoms with Crippen molar-refractivity contribution < 1.29 is 9.63 Å². The Balaban J connectivity index is 2.74. The first-order chi connectivity index (χ1) is 7.40. The highest BCUT2D eigenvalue weighted by molar-refractivity contribution is 5.81. The van der Waals surface area contributed by atoms with E-state index in [1.807, 2.05) is 51.1 Å². The molecule has 0 saturated heterocycles. The van der Waals surface area contributed by atoms with E-state index in [0.717, 1.165) is 5.56 Å². The van der Waals surface area contributed by atoms with Gasteiger partial charge < -0.3 is 5.73 Å². The van der Waals surface area contributed by atoms with Crippen LogP contribution in [0.2, 0.25) is 0 Å². The molecule has 0 aliphatic rings. The lowest BCUT2D eigenvalue weighted by atomic mass is 10.1. The molecule has 0 aliphatic carbocycles. The standard InChI is InChI=1S/C12H18N2O2/c1-12(2,3)16-14-10(11(13)15)9-7-5-4-6-8-9/h4-8,10,14H,1-3H3,(H2,13,15). The zero-order chi connectivity index (χ0) is 12.2. The molecule has 0 saturated carbocycles. The molecule has 1 atom stereocenters. The second-order valence-electron chi connectivity index (χ2n) is 4.58. The van der Waals surface area contributed by atoms with Crippen LogP contribution in [0.25, 0.3) is 0 Å². The molecule has 3 N–H and O–H groups in total. The Morgan fingerprint density at radius 3 is 2.31 bits per heavy atom.